The number of likely N-dealkylation sites (tertiary alicyclic amines) is 1. The minimum Gasteiger partial charge on any atom is -0.342 e. The number of nitrogens with zero attached hydrogens (tertiary/aromatic N) is 1. The van der Waals surface area contributed by atoms with Crippen molar-refractivity contribution in [2.24, 2.45) is 5.92 Å². The molecule has 3 rings (SSSR count). The van der Waals surface area contributed by atoms with Gasteiger partial charge in [-0.25, -0.2) is 4.39 Å². The first-order valence-electron chi connectivity index (χ1n) is 10.2. The van der Waals surface area contributed by atoms with E-state index in [9.17, 15) is 14.0 Å². The van der Waals surface area contributed by atoms with Gasteiger partial charge in [-0.05, 0) is 47.6 Å². The molecule has 0 unspecified atom stereocenters. The highest BCUT2D eigenvalue weighted by Crippen LogP contribution is 2.30. The fourth-order valence-electron chi connectivity index (χ4n) is 3.81. The first-order chi connectivity index (χ1) is 13.7. The number of anilines is 1. The van der Waals surface area contributed by atoms with E-state index >= 15 is 0 Å². The zero-order valence-electron chi connectivity index (χ0n) is 17.4. The molecule has 2 aromatic carbocycles. The summed E-state index contributed by atoms with van der Waals surface area (Å²) >= 11 is 0. The van der Waals surface area contributed by atoms with Crippen molar-refractivity contribution < 1.29 is 14.0 Å². The minimum atomic E-state index is -0.332. The summed E-state index contributed by atoms with van der Waals surface area (Å²) in [6.45, 7) is 7.47. The Hall–Kier alpha value is -2.69. The number of carbonyl (C=O) groups is 2. The second-order valence-corrected chi connectivity index (χ2v) is 8.75. The lowest BCUT2D eigenvalue weighted by Crippen LogP contribution is -2.42. The fraction of sp³-hybridized carbons (Fsp3) is 0.417. The third-order valence-corrected chi connectivity index (χ3v) is 5.46. The van der Waals surface area contributed by atoms with E-state index in [4.69, 9.17) is 0 Å². The number of benzene rings is 2. The predicted molar refractivity (Wildman–Crippen MR) is 113 cm³/mol. The van der Waals surface area contributed by atoms with Crippen molar-refractivity contribution in [3.05, 3.63) is 65.5 Å². The van der Waals surface area contributed by atoms with E-state index in [0.717, 1.165) is 11.3 Å². The Kier molecular flexibility index (Phi) is 6.36. The average molecular weight is 397 g/mol. The predicted octanol–water partition coefficient (Wildman–Crippen LogP) is 4.54. The Morgan fingerprint density at radius 1 is 1.07 bits per heavy atom. The van der Waals surface area contributed by atoms with Crippen LogP contribution in [-0.2, 0) is 21.4 Å². The normalized spacial score (nSPS) is 15.2. The maximum Gasteiger partial charge on any atom is 0.227 e. The standard InChI is InChI=1S/C24H29FN2O2/c1-24(2,3)20-9-4-5-10-21(20)26-23(29)18-11-13-27(14-12-18)22(28)16-17-7-6-8-19(25)15-17/h4-10,15,18H,11-14,16H2,1-3H3,(H,26,29). The first-order valence-corrected chi connectivity index (χ1v) is 10.2. The van der Waals surface area contributed by atoms with E-state index in [1.807, 2.05) is 24.3 Å². The van der Waals surface area contributed by atoms with Gasteiger partial charge in [0.05, 0.1) is 6.42 Å². The molecule has 5 heteroatoms. The largest absolute Gasteiger partial charge is 0.342 e. The van der Waals surface area contributed by atoms with Crippen molar-refractivity contribution in [1.29, 1.82) is 0 Å². The van der Waals surface area contributed by atoms with Gasteiger partial charge >= 0.3 is 0 Å². The molecule has 1 saturated heterocycles. The SMILES string of the molecule is CC(C)(C)c1ccccc1NC(=O)C1CCN(C(=O)Cc2cccc(F)c2)CC1. The van der Waals surface area contributed by atoms with Gasteiger partial charge in [0, 0.05) is 24.7 Å². The van der Waals surface area contributed by atoms with Crippen molar-refractivity contribution in [3.63, 3.8) is 0 Å². The van der Waals surface area contributed by atoms with E-state index in [0.29, 0.717) is 31.5 Å². The van der Waals surface area contributed by atoms with E-state index in [1.54, 1.807) is 17.0 Å². The summed E-state index contributed by atoms with van der Waals surface area (Å²) in [6.07, 6.45) is 1.46. The summed E-state index contributed by atoms with van der Waals surface area (Å²) in [6, 6.07) is 14.0. The number of hydrogen-bond donors (Lipinski definition) is 1. The number of halogens is 1. The Balaban J connectivity index is 1.55. The molecule has 1 fully saturated rings. The van der Waals surface area contributed by atoms with Crippen LogP contribution < -0.4 is 5.32 Å². The number of hydrogen-bond acceptors (Lipinski definition) is 2. The van der Waals surface area contributed by atoms with Crippen molar-refractivity contribution in [2.75, 3.05) is 18.4 Å². The molecule has 0 saturated carbocycles. The molecule has 154 valence electrons. The Morgan fingerprint density at radius 2 is 1.76 bits per heavy atom. The van der Waals surface area contributed by atoms with Crippen LogP contribution in [-0.4, -0.2) is 29.8 Å². The van der Waals surface area contributed by atoms with Crippen molar-refractivity contribution in [2.45, 2.75) is 45.4 Å². The third-order valence-electron chi connectivity index (χ3n) is 5.46. The molecular weight excluding hydrogens is 367 g/mol. The Bertz CT molecular complexity index is 880. The van der Waals surface area contributed by atoms with Crippen LogP contribution in [0.2, 0.25) is 0 Å². The Labute approximate surface area is 172 Å². The van der Waals surface area contributed by atoms with Crippen LogP contribution in [0.25, 0.3) is 0 Å². The van der Waals surface area contributed by atoms with Gasteiger partial charge in [-0.1, -0.05) is 51.1 Å². The van der Waals surface area contributed by atoms with Gasteiger partial charge in [0.15, 0.2) is 0 Å². The van der Waals surface area contributed by atoms with E-state index < -0.39 is 0 Å². The number of rotatable bonds is 4. The molecule has 2 aromatic rings. The average Bonchev–Trinajstić information content (AvgIpc) is 2.67. The summed E-state index contributed by atoms with van der Waals surface area (Å²) < 4.78 is 13.3. The molecule has 4 nitrogen and oxygen atoms in total. The zero-order chi connectivity index (χ0) is 21.0. The van der Waals surface area contributed by atoms with Crippen LogP contribution in [0.3, 0.4) is 0 Å². The van der Waals surface area contributed by atoms with Gasteiger partial charge in [-0.15, -0.1) is 0 Å². The van der Waals surface area contributed by atoms with E-state index in [2.05, 4.69) is 26.1 Å². The van der Waals surface area contributed by atoms with Crippen molar-refractivity contribution >= 4 is 17.5 Å². The first kappa shape index (κ1) is 21.0. The number of piperidine rings is 1. The van der Waals surface area contributed by atoms with E-state index in [-0.39, 0.29) is 35.4 Å². The molecule has 1 heterocycles. The number of carbonyl (C=O) groups excluding carboxylic acids is 2. The smallest absolute Gasteiger partial charge is 0.227 e. The molecular formula is C24H29FN2O2. The number of nitrogens with one attached hydrogen (secondary N) is 1. The second kappa shape index (κ2) is 8.76. The van der Waals surface area contributed by atoms with Crippen LogP contribution in [0.1, 0.15) is 44.7 Å². The second-order valence-electron chi connectivity index (χ2n) is 8.75. The molecule has 29 heavy (non-hydrogen) atoms. The number of amides is 2. The highest BCUT2D eigenvalue weighted by atomic mass is 19.1. The van der Waals surface area contributed by atoms with Crippen LogP contribution in [0.4, 0.5) is 10.1 Å². The monoisotopic (exact) mass is 396 g/mol. The van der Waals surface area contributed by atoms with Crippen LogP contribution >= 0.6 is 0 Å². The molecule has 1 N–H and O–H groups in total. The Morgan fingerprint density at radius 3 is 2.41 bits per heavy atom. The maximum absolute atomic E-state index is 13.3. The van der Waals surface area contributed by atoms with Crippen LogP contribution in [0.5, 0.6) is 0 Å². The van der Waals surface area contributed by atoms with Gasteiger partial charge in [-0.3, -0.25) is 9.59 Å². The van der Waals surface area contributed by atoms with Gasteiger partial charge < -0.3 is 10.2 Å². The quantitative estimate of drug-likeness (QED) is 0.825. The van der Waals surface area contributed by atoms with Crippen LogP contribution in [0.15, 0.2) is 48.5 Å². The van der Waals surface area contributed by atoms with Gasteiger partial charge in [-0.2, -0.15) is 0 Å². The molecule has 2 amide bonds. The minimum absolute atomic E-state index is 0.0129. The molecule has 0 spiro atoms. The lowest BCUT2D eigenvalue weighted by molar-refractivity contribution is -0.133. The van der Waals surface area contributed by atoms with Crippen molar-refractivity contribution in [1.82, 2.24) is 4.90 Å². The molecule has 0 aliphatic carbocycles. The summed E-state index contributed by atoms with van der Waals surface area (Å²) in [7, 11) is 0. The summed E-state index contributed by atoms with van der Waals surface area (Å²) in [4.78, 5) is 27.1. The zero-order valence-corrected chi connectivity index (χ0v) is 17.4. The molecule has 0 bridgehead atoms. The summed E-state index contributed by atoms with van der Waals surface area (Å²) in [5.41, 5.74) is 2.58. The summed E-state index contributed by atoms with van der Waals surface area (Å²) in [5, 5.41) is 3.09. The highest BCUT2D eigenvalue weighted by Gasteiger charge is 2.28. The highest BCUT2D eigenvalue weighted by molar-refractivity contribution is 5.93. The van der Waals surface area contributed by atoms with Crippen molar-refractivity contribution in [3.8, 4) is 0 Å². The topological polar surface area (TPSA) is 49.4 Å². The lowest BCUT2D eigenvalue weighted by Gasteiger charge is -2.32. The van der Waals surface area contributed by atoms with Gasteiger partial charge in [0.25, 0.3) is 0 Å². The van der Waals surface area contributed by atoms with Crippen LogP contribution in [0, 0.1) is 11.7 Å². The van der Waals surface area contributed by atoms with Gasteiger partial charge in [0.1, 0.15) is 5.82 Å². The fourth-order valence-corrected chi connectivity index (χ4v) is 3.81. The molecule has 0 radical (unpaired) electrons. The third kappa shape index (κ3) is 5.43. The molecule has 0 atom stereocenters. The number of para-hydroxylation sites is 1. The van der Waals surface area contributed by atoms with Gasteiger partial charge in [0.2, 0.25) is 11.8 Å². The molecule has 1 aliphatic heterocycles. The molecule has 0 aromatic heterocycles. The molecule has 1 aliphatic rings. The summed E-state index contributed by atoms with van der Waals surface area (Å²) in [5.74, 6) is -0.450. The maximum atomic E-state index is 13.3. The van der Waals surface area contributed by atoms with E-state index in [1.165, 1.54) is 12.1 Å². The lowest BCUT2D eigenvalue weighted by atomic mass is 9.85.